The Balaban J connectivity index is 2.47. The van der Waals surface area contributed by atoms with Gasteiger partial charge in [-0.15, -0.1) is 0 Å². The standard InChI is InChI=1S/C11H21N3OS/c1-8(10-5-13-14-9(10)2)12-6-11(3,15)7-16-4/h5,8,12,15H,6-7H2,1-4H3,(H,13,14). The molecule has 2 unspecified atom stereocenters. The molecule has 1 rings (SSSR count). The summed E-state index contributed by atoms with van der Waals surface area (Å²) in [6, 6.07) is 0.201. The Morgan fingerprint density at radius 3 is 2.88 bits per heavy atom. The van der Waals surface area contributed by atoms with Crippen LogP contribution in [0.2, 0.25) is 0 Å². The molecule has 4 nitrogen and oxygen atoms in total. The number of aryl methyl sites for hydroxylation is 1. The Morgan fingerprint density at radius 1 is 1.69 bits per heavy atom. The van der Waals surface area contributed by atoms with E-state index in [-0.39, 0.29) is 6.04 Å². The van der Waals surface area contributed by atoms with E-state index in [1.165, 1.54) is 0 Å². The second-order valence-corrected chi connectivity index (χ2v) is 5.35. The summed E-state index contributed by atoms with van der Waals surface area (Å²) in [6.45, 7) is 6.51. The van der Waals surface area contributed by atoms with Gasteiger partial charge in [-0.1, -0.05) is 0 Å². The first kappa shape index (κ1) is 13.5. The summed E-state index contributed by atoms with van der Waals surface area (Å²) in [5.41, 5.74) is 1.56. The average Bonchev–Trinajstić information content (AvgIpc) is 2.61. The van der Waals surface area contributed by atoms with E-state index in [2.05, 4.69) is 22.4 Å². The van der Waals surface area contributed by atoms with Gasteiger partial charge in [0.1, 0.15) is 0 Å². The molecule has 0 radical (unpaired) electrons. The zero-order valence-electron chi connectivity index (χ0n) is 10.4. The number of hydrogen-bond acceptors (Lipinski definition) is 4. The topological polar surface area (TPSA) is 60.9 Å². The van der Waals surface area contributed by atoms with Crippen molar-refractivity contribution in [2.75, 3.05) is 18.6 Å². The maximum Gasteiger partial charge on any atom is 0.0833 e. The molecule has 0 aliphatic heterocycles. The van der Waals surface area contributed by atoms with Gasteiger partial charge < -0.3 is 10.4 Å². The van der Waals surface area contributed by atoms with E-state index in [9.17, 15) is 5.11 Å². The summed E-state index contributed by atoms with van der Waals surface area (Å²) in [6.07, 6.45) is 3.83. The molecule has 2 atom stereocenters. The molecule has 1 heterocycles. The minimum Gasteiger partial charge on any atom is -0.388 e. The van der Waals surface area contributed by atoms with Crippen molar-refractivity contribution in [2.45, 2.75) is 32.4 Å². The third kappa shape index (κ3) is 3.81. The number of hydrogen-bond donors (Lipinski definition) is 3. The second-order valence-electron chi connectivity index (χ2n) is 4.48. The van der Waals surface area contributed by atoms with Crippen LogP contribution >= 0.6 is 11.8 Å². The van der Waals surface area contributed by atoms with Crippen LogP contribution < -0.4 is 5.32 Å². The Bertz CT molecular complexity index is 325. The van der Waals surface area contributed by atoms with Crippen LogP contribution in [0.4, 0.5) is 0 Å². The summed E-state index contributed by atoms with van der Waals surface area (Å²) in [4.78, 5) is 0. The van der Waals surface area contributed by atoms with Crippen molar-refractivity contribution in [3.63, 3.8) is 0 Å². The molecule has 0 spiro atoms. The van der Waals surface area contributed by atoms with Crippen molar-refractivity contribution < 1.29 is 5.11 Å². The molecule has 0 saturated heterocycles. The molecule has 0 aliphatic rings. The summed E-state index contributed by atoms with van der Waals surface area (Å²) in [5, 5.41) is 20.3. The molecular formula is C11H21N3OS. The average molecular weight is 243 g/mol. The summed E-state index contributed by atoms with van der Waals surface area (Å²) >= 11 is 1.65. The van der Waals surface area contributed by atoms with Crippen molar-refractivity contribution >= 4 is 11.8 Å². The fraction of sp³-hybridized carbons (Fsp3) is 0.727. The molecular weight excluding hydrogens is 222 g/mol. The molecule has 0 amide bonds. The Morgan fingerprint density at radius 2 is 2.38 bits per heavy atom. The van der Waals surface area contributed by atoms with Crippen molar-refractivity contribution in [2.24, 2.45) is 0 Å². The van der Waals surface area contributed by atoms with Gasteiger partial charge in [-0.05, 0) is 27.0 Å². The number of aromatic amines is 1. The highest BCUT2D eigenvalue weighted by molar-refractivity contribution is 7.98. The van der Waals surface area contributed by atoms with Gasteiger partial charge in [0, 0.05) is 29.6 Å². The van der Waals surface area contributed by atoms with Gasteiger partial charge in [0.2, 0.25) is 0 Å². The van der Waals surface area contributed by atoms with Crippen molar-refractivity contribution in [1.82, 2.24) is 15.5 Å². The molecule has 5 heteroatoms. The summed E-state index contributed by atoms with van der Waals surface area (Å²) in [5.74, 6) is 0.733. The number of nitrogens with zero attached hydrogens (tertiary/aromatic N) is 1. The van der Waals surface area contributed by atoms with Crippen LogP contribution in [0.15, 0.2) is 6.20 Å². The van der Waals surface area contributed by atoms with Gasteiger partial charge in [0.25, 0.3) is 0 Å². The van der Waals surface area contributed by atoms with E-state index in [1.807, 2.05) is 26.3 Å². The zero-order chi connectivity index (χ0) is 12.2. The lowest BCUT2D eigenvalue weighted by atomic mass is 10.1. The van der Waals surface area contributed by atoms with Gasteiger partial charge in [-0.25, -0.2) is 0 Å². The number of H-pyrrole nitrogens is 1. The van der Waals surface area contributed by atoms with Gasteiger partial charge in [0.05, 0.1) is 11.8 Å². The number of thioether (sulfide) groups is 1. The Kier molecular flexibility index (Phi) is 4.83. The first-order valence-electron chi connectivity index (χ1n) is 5.41. The SMILES string of the molecule is CSCC(C)(O)CNC(C)c1cn[nH]c1C. The number of nitrogens with one attached hydrogen (secondary N) is 2. The van der Waals surface area contributed by atoms with Crippen LogP contribution in [-0.2, 0) is 0 Å². The maximum atomic E-state index is 10.0. The monoisotopic (exact) mass is 243 g/mol. The third-order valence-electron chi connectivity index (χ3n) is 2.58. The fourth-order valence-corrected chi connectivity index (χ4v) is 2.37. The van der Waals surface area contributed by atoms with Crippen molar-refractivity contribution in [1.29, 1.82) is 0 Å². The largest absolute Gasteiger partial charge is 0.388 e. The first-order valence-corrected chi connectivity index (χ1v) is 6.80. The lowest BCUT2D eigenvalue weighted by Gasteiger charge is -2.25. The van der Waals surface area contributed by atoms with Gasteiger partial charge in [0.15, 0.2) is 0 Å². The predicted octanol–water partition coefficient (Wildman–Crippen LogP) is 1.48. The molecule has 0 saturated carbocycles. The van der Waals surface area contributed by atoms with Crippen LogP contribution in [0.1, 0.15) is 31.1 Å². The van der Waals surface area contributed by atoms with Gasteiger partial charge in [-0.3, -0.25) is 5.10 Å². The smallest absolute Gasteiger partial charge is 0.0833 e. The lowest BCUT2D eigenvalue weighted by molar-refractivity contribution is 0.0820. The molecule has 0 fully saturated rings. The molecule has 0 aliphatic carbocycles. The van der Waals surface area contributed by atoms with E-state index < -0.39 is 5.60 Å². The maximum absolute atomic E-state index is 10.0. The van der Waals surface area contributed by atoms with Crippen LogP contribution in [0.25, 0.3) is 0 Å². The summed E-state index contributed by atoms with van der Waals surface area (Å²) in [7, 11) is 0. The molecule has 1 aromatic rings. The first-order chi connectivity index (χ1) is 7.46. The highest BCUT2D eigenvalue weighted by Crippen LogP contribution is 2.16. The van der Waals surface area contributed by atoms with Gasteiger partial charge in [-0.2, -0.15) is 16.9 Å². The van der Waals surface area contributed by atoms with Crippen molar-refractivity contribution in [3.8, 4) is 0 Å². The third-order valence-corrected chi connectivity index (χ3v) is 3.49. The van der Waals surface area contributed by atoms with Crippen LogP contribution in [0, 0.1) is 6.92 Å². The predicted molar refractivity (Wildman–Crippen MR) is 68.7 cm³/mol. The zero-order valence-corrected chi connectivity index (χ0v) is 11.2. The van der Waals surface area contributed by atoms with E-state index in [4.69, 9.17) is 0 Å². The van der Waals surface area contributed by atoms with E-state index in [0.717, 1.165) is 17.0 Å². The molecule has 0 bridgehead atoms. The van der Waals surface area contributed by atoms with Gasteiger partial charge >= 0.3 is 0 Å². The van der Waals surface area contributed by atoms with Crippen LogP contribution in [0.3, 0.4) is 0 Å². The number of rotatable bonds is 6. The second kappa shape index (κ2) is 5.70. The number of aliphatic hydroxyl groups is 1. The molecule has 1 aromatic heterocycles. The van der Waals surface area contributed by atoms with E-state index in [0.29, 0.717) is 6.54 Å². The molecule has 92 valence electrons. The van der Waals surface area contributed by atoms with Crippen LogP contribution in [0.5, 0.6) is 0 Å². The quantitative estimate of drug-likeness (QED) is 0.708. The normalized spacial score (nSPS) is 17.1. The van der Waals surface area contributed by atoms with E-state index in [1.54, 1.807) is 11.8 Å². The molecule has 0 aromatic carbocycles. The minimum absolute atomic E-state index is 0.201. The Labute approximate surface area is 101 Å². The molecule has 16 heavy (non-hydrogen) atoms. The summed E-state index contributed by atoms with van der Waals surface area (Å²) < 4.78 is 0. The van der Waals surface area contributed by atoms with Crippen molar-refractivity contribution in [3.05, 3.63) is 17.5 Å². The van der Waals surface area contributed by atoms with Crippen LogP contribution in [-0.4, -0.2) is 39.5 Å². The molecule has 3 N–H and O–H groups in total. The van der Waals surface area contributed by atoms with E-state index >= 15 is 0 Å². The highest BCUT2D eigenvalue weighted by Gasteiger charge is 2.21. The fourth-order valence-electron chi connectivity index (χ4n) is 1.64. The lowest BCUT2D eigenvalue weighted by Crippen LogP contribution is -2.40. The minimum atomic E-state index is -0.661. The Hall–Kier alpha value is -0.520. The highest BCUT2D eigenvalue weighted by atomic mass is 32.2. The number of aromatic nitrogens is 2.